The van der Waals surface area contributed by atoms with Gasteiger partial charge >= 0.3 is 6.18 Å². The fraction of sp³-hybridized carbons (Fsp3) is 0.429. The smallest absolute Gasteiger partial charge is 0.353 e. The molecule has 1 spiro atoms. The maximum atomic E-state index is 14.0. The third-order valence-corrected chi connectivity index (χ3v) is 6.35. The van der Waals surface area contributed by atoms with Crippen LogP contribution in [0.15, 0.2) is 30.9 Å². The monoisotopic (exact) mass is 412 g/mol. The second-order valence-electron chi connectivity index (χ2n) is 8.34. The van der Waals surface area contributed by atoms with Crippen LogP contribution < -0.4 is 4.90 Å². The number of piperidine rings is 1. The van der Waals surface area contributed by atoms with Gasteiger partial charge in [-0.25, -0.2) is 15.0 Å². The number of aromatic nitrogens is 4. The molecule has 1 aliphatic heterocycles. The van der Waals surface area contributed by atoms with Crippen molar-refractivity contribution >= 4 is 16.9 Å². The van der Waals surface area contributed by atoms with Gasteiger partial charge in [0.15, 0.2) is 5.65 Å². The average molecular weight is 412 g/mol. The van der Waals surface area contributed by atoms with Crippen LogP contribution in [0.3, 0.4) is 0 Å². The summed E-state index contributed by atoms with van der Waals surface area (Å²) in [5.74, 6) is 0.533. The van der Waals surface area contributed by atoms with Gasteiger partial charge in [-0.3, -0.25) is 4.57 Å². The minimum Gasteiger partial charge on any atom is -0.353 e. The SMILES string of the molecule is C[C@H]1CCC2(CC2)CN1c1ncnc2c1c(C(F)(F)F)cn2-c1cc(C#N)ccn1. The Balaban J connectivity index is 1.73. The van der Waals surface area contributed by atoms with E-state index in [2.05, 4.69) is 15.0 Å². The third kappa shape index (κ3) is 2.98. The molecule has 1 aliphatic carbocycles. The molecule has 2 fully saturated rings. The molecule has 154 valence electrons. The van der Waals surface area contributed by atoms with Gasteiger partial charge < -0.3 is 4.90 Å². The first-order chi connectivity index (χ1) is 14.3. The van der Waals surface area contributed by atoms with Crippen molar-refractivity contribution in [3.05, 3.63) is 42.0 Å². The highest BCUT2D eigenvalue weighted by atomic mass is 19.4. The Morgan fingerprint density at radius 3 is 2.70 bits per heavy atom. The summed E-state index contributed by atoms with van der Waals surface area (Å²) in [7, 11) is 0. The van der Waals surface area contributed by atoms with Crippen LogP contribution in [0.5, 0.6) is 0 Å². The van der Waals surface area contributed by atoms with E-state index in [0.717, 1.165) is 31.9 Å². The van der Waals surface area contributed by atoms with Crippen molar-refractivity contribution in [2.24, 2.45) is 5.41 Å². The van der Waals surface area contributed by atoms with Crippen molar-refractivity contribution < 1.29 is 13.2 Å². The summed E-state index contributed by atoms with van der Waals surface area (Å²) in [6.07, 6.45) is 3.41. The van der Waals surface area contributed by atoms with Crippen LogP contribution in [0.1, 0.15) is 43.7 Å². The van der Waals surface area contributed by atoms with Gasteiger partial charge in [0, 0.05) is 25.0 Å². The van der Waals surface area contributed by atoms with Crippen molar-refractivity contribution in [3.63, 3.8) is 0 Å². The number of hydrogen-bond acceptors (Lipinski definition) is 5. The third-order valence-electron chi connectivity index (χ3n) is 6.35. The fourth-order valence-electron chi connectivity index (χ4n) is 4.41. The lowest BCUT2D eigenvalue weighted by atomic mass is 9.90. The number of nitriles is 1. The van der Waals surface area contributed by atoms with Crippen LogP contribution in [0.2, 0.25) is 0 Å². The highest BCUT2D eigenvalue weighted by Gasteiger charge is 2.48. The number of alkyl halides is 3. The number of pyridine rings is 1. The molecule has 0 unspecified atom stereocenters. The minimum absolute atomic E-state index is 0.0151. The van der Waals surface area contributed by atoms with E-state index in [-0.39, 0.29) is 28.3 Å². The summed E-state index contributed by atoms with van der Waals surface area (Å²) in [5.41, 5.74) is -0.129. The maximum absolute atomic E-state index is 14.0. The molecule has 1 atom stereocenters. The van der Waals surface area contributed by atoms with Crippen LogP contribution in [0.25, 0.3) is 16.9 Å². The maximum Gasteiger partial charge on any atom is 0.418 e. The van der Waals surface area contributed by atoms with Crippen LogP contribution >= 0.6 is 0 Å². The summed E-state index contributed by atoms with van der Waals surface area (Å²) in [5, 5.41) is 9.14. The first-order valence-electron chi connectivity index (χ1n) is 9.88. The first-order valence-corrected chi connectivity index (χ1v) is 9.88. The van der Waals surface area contributed by atoms with E-state index in [1.54, 1.807) is 0 Å². The molecule has 4 heterocycles. The number of hydrogen-bond donors (Lipinski definition) is 0. The van der Waals surface area contributed by atoms with Crippen molar-refractivity contribution in [2.75, 3.05) is 11.4 Å². The van der Waals surface area contributed by atoms with Crippen LogP contribution in [0.4, 0.5) is 19.0 Å². The van der Waals surface area contributed by atoms with Gasteiger partial charge in [-0.2, -0.15) is 18.4 Å². The normalized spacial score (nSPS) is 20.5. The molecule has 1 saturated carbocycles. The highest BCUT2D eigenvalue weighted by Crippen LogP contribution is 2.54. The molecule has 0 aromatic carbocycles. The van der Waals surface area contributed by atoms with Crippen LogP contribution in [-0.2, 0) is 6.18 Å². The zero-order chi connectivity index (χ0) is 21.1. The van der Waals surface area contributed by atoms with Crippen molar-refractivity contribution in [2.45, 2.75) is 44.8 Å². The summed E-state index contributed by atoms with van der Waals surface area (Å²) < 4.78 is 43.4. The standard InChI is InChI=1S/C21H19F3N6/c1-13-2-4-20(5-6-20)11-30(13)19-17-15(21(22,23)24)10-29(18(17)27-12-28-19)16-8-14(9-25)3-7-26-16/h3,7-8,10,12-13H,2,4-6,11H2,1H3/t13-/m0/s1. The molecule has 3 aromatic heterocycles. The lowest BCUT2D eigenvalue weighted by Gasteiger charge is -2.39. The summed E-state index contributed by atoms with van der Waals surface area (Å²) in [6.45, 7) is 2.75. The van der Waals surface area contributed by atoms with Gasteiger partial charge in [-0.15, -0.1) is 0 Å². The Kier molecular flexibility index (Phi) is 4.04. The van der Waals surface area contributed by atoms with E-state index in [1.165, 1.54) is 29.2 Å². The molecule has 0 radical (unpaired) electrons. The van der Waals surface area contributed by atoms with E-state index in [0.29, 0.717) is 17.9 Å². The molecule has 1 saturated heterocycles. The Bertz CT molecular complexity index is 1170. The number of nitrogens with zero attached hydrogens (tertiary/aromatic N) is 6. The summed E-state index contributed by atoms with van der Waals surface area (Å²) in [4.78, 5) is 14.7. The topological polar surface area (TPSA) is 70.6 Å². The van der Waals surface area contributed by atoms with Gasteiger partial charge in [0.1, 0.15) is 18.0 Å². The zero-order valence-corrected chi connectivity index (χ0v) is 16.3. The number of fused-ring (bicyclic) bond motifs is 1. The lowest BCUT2D eigenvalue weighted by molar-refractivity contribution is -0.136. The second kappa shape index (κ2) is 6.42. The molecule has 6 nitrogen and oxygen atoms in total. The van der Waals surface area contributed by atoms with Gasteiger partial charge in [0.2, 0.25) is 0 Å². The second-order valence-corrected chi connectivity index (χ2v) is 8.34. The lowest BCUT2D eigenvalue weighted by Crippen LogP contribution is -2.43. The molecule has 9 heteroatoms. The molecule has 2 aliphatic rings. The van der Waals surface area contributed by atoms with Gasteiger partial charge in [-0.05, 0) is 50.2 Å². The molecular formula is C21H19F3N6. The molecule has 3 aromatic rings. The number of rotatable bonds is 2. The largest absolute Gasteiger partial charge is 0.418 e. The highest BCUT2D eigenvalue weighted by molar-refractivity contribution is 5.93. The van der Waals surface area contributed by atoms with Crippen molar-refractivity contribution in [3.8, 4) is 11.9 Å². The minimum atomic E-state index is -4.58. The van der Waals surface area contributed by atoms with Gasteiger partial charge in [0.25, 0.3) is 0 Å². The zero-order valence-electron chi connectivity index (χ0n) is 16.3. The van der Waals surface area contributed by atoms with Gasteiger partial charge in [-0.1, -0.05) is 0 Å². The molecule has 0 bridgehead atoms. The Morgan fingerprint density at radius 2 is 2.00 bits per heavy atom. The van der Waals surface area contributed by atoms with E-state index in [1.807, 2.05) is 17.9 Å². The Labute approximate surface area is 171 Å². The molecule has 0 amide bonds. The molecule has 30 heavy (non-hydrogen) atoms. The predicted molar refractivity (Wildman–Crippen MR) is 104 cm³/mol. The van der Waals surface area contributed by atoms with Crippen molar-refractivity contribution in [1.82, 2.24) is 19.5 Å². The van der Waals surface area contributed by atoms with Gasteiger partial charge in [0.05, 0.1) is 22.6 Å². The quantitative estimate of drug-likeness (QED) is 0.621. The fourth-order valence-corrected chi connectivity index (χ4v) is 4.41. The molecule has 5 rings (SSSR count). The van der Waals surface area contributed by atoms with E-state index in [9.17, 15) is 13.2 Å². The average Bonchev–Trinajstić information content (AvgIpc) is 3.36. The van der Waals surface area contributed by atoms with E-state index in [4.69, 9.17) is 5.26 Å². The molecular weight excluding hydrogens is 393 g/mol. The number of halogens is 3. The first kappa shape index (κ1) is 18.9. The predicted octanol–water partition coefficient (Wildman–Crippen LogP) is 4.47. The van der Waals surface area contributed by atoms with E-state index >= 15 is 0 Å². The number of anilines is 1. The van der Waals surface area contributed by atoms with Crippen LogP contribution in [0, 0.1) is 16.7 Å². The van der Waals surface area contributed by atoms with Crippen LogP contribution in [-0.4, -0.2) is 32.1 Å². The Morgan fingerprint density at radius 1 is 1.20 bits per heavy atom. The summed E-state index contributed by atoms with van der Waals surface area (Å²) in [6, 6.07) is 5.04. The summed E-state index contributed by atoms with van der Waals surface area (Å²) >= 11 is 0. The van der Waals surface area contributed by atoms with E-state index < -0.39 is 11.7 Å². The molecule has 0 N–H and O–H groups in total. The Hall–Kier alpha value is -3.15. The van der Waals surface area contributed by atoms with Crippen molar-refractivity contribution in [1.29, 1.82) is 5.26 Å².